The van der Waals surface area contributed by atoms with E-state index in [1.165, 1.54) is 4.68 Å². The molecule has 1 aromatic heterocycles. The second-order valence-electron chi connectivity index (χ2n) is 8.91. The number of halogens is 1. The van der Waals surface area contributed by atoms with Crippen molar-refractivity contribution in [3.8, 4) is 5.75 Å². The molecule has 38 heavy (non-hydrogen) atoms. The lowest BCUT2D eigenvalue weighted by atomic mass is 10.1. The maximum atomic E-state index is 13.4. The number of unbranched alkanes of at least 4 members (excludes halogenated alkanes) is 1. The SMILES string of the molecule is CCCCOc1ccc(NC(=O)C(=O)Nn2c(C(=O)Nc3c(C)cccc3C)cc3cc(Br)ccc32)cc1. The number of fused-ring (bicyclic) bond motifs is 1. The van der Waals surface area contributed by atoms with Gasteiger partial charge < -0.3 is 15.4 Å². The highest BCUT2D eigenvalue weighted by molar-refractivity contribution is 9.10. The van der Waals surface area contributed by atoms with Crippen LogP contribution in [0.4, 0.5) is 11.4 Å². The number of nitrogens with one attached hydrogen (secondary N) is 3. The number of hydrogen-bond acceptors (Lipinski definition) is 4. The van der Waals surface area contributed by atoms with Gasteiger partial charge >= 0.3 is 11.8 Å². The largest absolute Gasteiger partial charge is 0.494 e. The minimum Gasteiger partial charge on any atom is -0.494 e. The molecule has 0 saturated carbocycles. The third-order valence-corrected chi connectivity index (χ3v) is 6.51. The Balaban J connectivity index is 1.54. The molecule has 0 aliphatic rings. The zero-order valence-electron chi connectivity index (χ0n) is 21.4. The van der Waals surface area contributed by atoms with Gasteiger partial charge in [-0.25, -0.2) is 4.68 Å². The number of para-hydroxylation sites is 1. The summed E-state index contributed by atoms with van der Waals surface area (Å²) in [5, 5.41) is 6.24. The summed E-state index contributed by atoms with van der Waals surface area (Å²) in [7, 11) is 0. The van der Waals surface area contributed by atoms with E-state index < -0.39 is 17.7 Å². The second-order valence-corrected chi connectivity index (χ2v) is 9.83. The van der Waals surface area contributed by atoms with Gasteiger partial charge in [-0.3, -0.25) is 19.8 Å². The Morgan fingerprint density at radius 2 is 1.61 bits per heavy atom. The molecule has 3 aromatic carbocycles. The van der Waals surface area contributed by atoms with Crippen molar-refractivity contribution in [3.63, 3.8) is 0 Å². The third-order valence-electron chi connectivity index (χ3n) is 6.01. The number of benzene rings is 3. The smallest absolute Gasteiger partial charge is 0.328 e. The summed E-state index contributed by atoms with van der Waals surface area (Å²) < 4.78 is 7.78. The molecule has 8 nitrogen and oxygen atoms in total. The first kappa shape index (κ1) is 26.9. The molecule has 0 unspecified atom stereocenters. The van der Waals surface area contributed by atoms with Crippen LogP contribution in [0, 0.1) is 13.8 Å². The summed E-state index contributed by atoms with van der Waals surface area (Å²) in [4.78, 5) is 39.0. The first-order chi connectivity index (χ1) is 18.3. The Morgan fingerprint density at radius 1 is 0.895 bits per heavy atom. The van der Waals surface area contributed by atoms with Crippen molar-refractivity contribution < 1.29 is 19.1 Å². The van der Waals surface area contributed by atoms with Gasteiger partial charge in [0.1, 0.15) is 11.4 Å². The Kier molecular flexibility index (Phi) is 8.48. The second kappa shape index (κ2) is 12.0. The maximum Gasteiger partial charge on any atom is 0.328 e. The van der Waals surface area contributed by atoms with Crippen LogP contribution in [0.1, 0.15) is 41.4 Å². The average Bonchev–Trinajstić information content (AvgIpc) is 3.24. The number of carbonyl (C=O) groups is 3. The number of ether oxygens (including phenoxy) is 1. The fourth-order valence-corrected chi connectivity index (χ4v) is 4.35. The van der Waals surface area contributed by atoms with E-state index in [4.69, 9.17) is 4.74 Å². The van der Waals surface area contributed by atoms with Gasteiger partial charge in [-0.2, -0.15) is 0 Å². The van der Waals surface area contributed by atoms with Crippen molar-refractivity contribution in [2.75, 3.05) is 22.7 Å². The summed E-state index contributed by atoms with van der Waals surface area (Å²) in [6.07, 6.45) is 1.99. The summed E-state index contributed by atoms with van der Waals surface area (Å²) in [6, 6.07) is 19.6. The van der Waals surface area contributed by atoms with Crippen LogP contribution in [-0.2, 0) is 9.59 Å². The molecule has 0 fully saturated rings. The summed E-state index contributed by atoms with van der Waals surface area (Å²) in [5.41, 5.74) is 6.29. The van der Waals surface area contributed by atoms with E-state index in [-0.39, 0.29) is 5.69 Å². The molecule has 0 atom stereocenters. The van der Waals surface area contributed by atoms with Crippen LogP contribution in [-0.4, -0.2) is 29.0 Å². The van der Waals surface area contributed by atoms with E-state index in [9.17, 15) is 14.4 Å². The minimum atomic E-state index is -0.921. The first-order valence-electron chi connectivity index (χ1n) is 12.3. The standard InChI is InChI=1S/C29H29BrN4O4/c1-4-5-15-38-23-12-10-22(11-13-23)31-28(36)29(37)33-34-24-14-9-21(30)16-20(24)17-25(34)27(35)32-26-18(2)7-6-8-19(26)3/h6-14,16-17H,4-5,15H2,1-3H3,(H,31,36)(H,32,35)(H,33,37). The predicted molar refractivity (Wildman–Crippen MR) is 153 cm³/mol. The number of aryl methyl sites for hydroxylation is 2. The lowest BCUT2D eigenvalue weighted by Crippen LogP contribution is -2.36. The Hall–Kier alpha value is -4.11. The van der Waals surface area contributed by atoms with Gasteiger partial charge in [0.15, 0.2) is 0 Å². The molecule has 3 N–H and O–H groups in total. The lowest BCUT2D eigenvalue weighted by Gasteiger charge is -2.15. The third kappa shape index (κ3) is 6.23. The molecule has 0 radical (unpaired) electrons. The number of rotatable bonds is 8. The predicted octanol–water partition coefficient (Wildman–Crippen LogP) is 6.16. The zero-order valence-corrected chi connectivity index (χ0v) is 23.0. The van der Waals surface area contributed by atoms with Gasteiger partial charge in [-0.1, -0.05) is 47.5 Å². The van der Waals surface area contributed by atoms with Crippen LogP contribution in [0.2, 0.25) is 0 Å². The Bertz CT molecular complexity index is 1470. The van der Waals surface area contributed by atoms with E-state index in [0.717, 1.165) is 28.4 Å². The summed E-state index contributed by atoms with van der Waals surface area (Å²) in [5.74, 6) is -1.53. The number of amides is 3. The van der Waals surface area contributed by atoms with Crippen molar-refractivity contribution >= 4 is 55.9 Å². The number of nitrogens with zero attached hydrogens (tertiary/aromatic N) is 1. The number of aromatic nitrogens is 1. The lowest BCUT2D eigenvalue weighted by molar-refractivity contribution is -0.133. The molecule has 1 heterocycles. The van der Waals surface area contributed by atoms with Crippen LogP contribution < -0.4 is 20.8 Å². The van der Waals surface area contributed by atoms with Gasteiger partial charge in [-0.05, 0) is 79.9 Å². The molecular weight excluding hydrogens is 548 g/mol. The van der Waals surface area contributed by atoms with Crippen molar-refractivity contribution in [3.05, 3.63) is 88.0 Å². The molecule has 4 rings (SSSR count). The zero-order chi connectivity index (χ0) is 27.2. The number of carbonyl (C=O) groups excluding carboxylic acids is 3. The number of hydrogen-bond donors (Lipinski definition) is 3. The Morgan fingerprint density at radius 3 is 2.29 bits per heavy atom. The van der Waals surface area contributed by atoms with Crippen molar-refractivity contribution in [2.24, 2.45) is 0 Å². The highest BCUT2D eigenvalue weighted by Gasteiger charge is 2.22. The van der Waals surface area contributed by atoms with Gasteiger partial charge in [0.05, 0.1) is 12.1 Å². The van der Waals surface area contributed by atoms with Gasteiger partial charge in [0, 0.05) is 21.2 Å². The van der Waals surface area contributed by atoms with Gasteiger partial charge in [-0.15, -0.1) is 0 Å². The summed E-state index contributed by atoms with van der Waals surface area (Å²) in [6.45, 7) is 6.52. The molecule has 0 saturated heterocycles. The topological polar surface area (TPSA) is 101 Å². The molecule has 196 valence electrons. The molecule has 0 spiro atoms. The van der Waals surface area contributed by atoms with E-state index in [2.05, 4.69) is 38.9 Å². The van der Waals surface area contributed by atoms with Crippen LogP contribution in [0.3, 0.4) is 0 Å². The highest BCUT2D eigenvalue weighted by atomic mass is 79.9. The monoisotopic (exact) mass is 576 g/mol. The van der Waals surface area contributed by atoms with Crippen LogP contribution in [0.5, 0.6) is 5.75 Å². The fraction of sp³-hybridized carbons (Fsp3) is 0.207. The van der Waals surface area contributed by atoms with E-state index >= 15 is 0 Å². The van der Waals surface area contributed by atoms with Gasteiger partial charge in [0.2, 0.25) is 0 Å². The molecule has 0 aliphatic carbocycles. The highest BCUT2D eigenvalue weighted by Crippen LogP contribution is 2.25. The molecule has 0 aliphatic heterocycles. The molecule has 0 bridgehead atoms. The fourth-order valence-electron chi connectivity index (χ4n) is 3.97. The van der Waals surface area contributed by atoms with Crippen molar-refractivity contribution in [2.45, 2.75) is 33.6 Å². The van der Waals surface area contributed by atoms with Crippen LogP contribution in [0.25, 0.3) is 10.9 Å². The quantitative estimate of drug-likeness (QED) is 0.173. The first-order valence-corrected chi connectivity index (χ1v) is 13.1. The molecular formula is C29H29BrN4O4. The van der Waals surface area contributed by atoms with Gasteiger partial charge in [0.25, 0.3) is 5.91 Å². The van der Waals surface area contributed by atoms with E-state index in [1.54, 1.807) is 42.5 Å². The van der Waals surface area contributed by atoms with Crippen molar-refractivity contribution in [1.82, 2.24) is 4.68 Å². The Labute approximate surface area is 229 Å². The number of anilines is 2. The normalized spacial score (nSPS) is 10.7. The average molecular weight is 577 g/mol. The molecule has 4 aromatic rings. The van der Waals surface area contributed by atoms with Crippen LogP contribution >= 0.6 is 15.9 Å². The van der Waals surface area contributed by atoms with E-state index in [1.807, 2.05) is 38.1 Å². The molecule has 9 heteroatoms. The van der Waals surface area contributed by atoms with E-state index in [0.29, 0.717) is 34.6 Å². The van der Waals surface area contributed by atoms with Crippen LogP contribution in [0.15, 0.2) is 71.2 Å². The maximum absolute atomic E-state index is 13.4. The summed E-state index contributed by atoms with van der Waals surface area (Å²) >= 11 is 3.44. The van der Waals surface area contributed by atoms with Crippen molar-refractivity contribution in [1.29, 1.82) is 0 Å². The minimum absolute atomic E-state index is 0.176. The molecule has 3 amide bonds.